The van der Waals surface area contributed by atoms with Crippen LogP contribution in [0.2, 0.25) is 0 Å². The van der Waals surface area contributed by atoms with E-state index in [1.165, 1.54) is 11.1 Å². The number of hydrogen-bond acceptors (Lipinski definition) is 5. The molecule has 0 spiro atoms. The highest BCUT2D eigenvalue weighted by Gasteiger charge is 2.41. The molecule has 0 aliphatic carbocycles. The number of carbonyl (C=O) groups excluding carboxylic acids is 3. The lowest BCUT2D eigenvalue weighted by Gasteiger charge is -2.38. The highest BCUT2D eigenvalue weighted by Crippen LogP contribution is 2.28. The standard InChI is InChI=1S/C24H32N4O4/c29-21(27-10-4-5-11-27)15-17-14-20(23(30)26-32)22(25-16-17)24(31)28-12-8-19(9-13-28)18-6-2-1-3-7-18/h1-3,6-8,17,20,22,25,32H,4-5,9-16H2,(H,26,30)/t17?,20-,22-/m0/s1. The molecule has 0 bridgehead atoms. The van der Waals surface area contributed by atoms with Crippen LogP contribution in [0.4, 0.5) is 0 Å². The van der Waals surface area contributed by atoms with Gasteiger partial charge in [-0.05, 0) is 49.3 Å². The van der Waals surface area contributed by atoms with Crippen molar-refractivity contribution in [2.24, 2.45) is 11.8 Å². The van der Waals surface area contributed by atoms with E-state index in [1.807, 2.05) is 23.1 Å². The van der Waals surface area contributed by atoms with Crippen molar-refractivity contribution >= 4 is 23.3 Å². The average molecular weight is 441 g/mol. The van der Waals surface area contributed by atoms with Crippen molar-refractivity contribution in [2.75, 3.05) is 32.7 Å². The fourth-order valence-corrected chi connectivity index (χ4v) is 5.09. The summed E-state index contributed by atoms with van der Waals surface area (Å²) in [6, 6.07) is 9.42. The van der Waals surface area contributed by atoms with Gasteiger partial charge in [-0.15, -0.1) is 0 Å². The predicted molar refractivity (Wildman–Crippen MR) is 119 cm³/mol. The molecule has 2 fully saturated rings. The molecule has 1 unspecified atom stereocenters. The third kappa shape index (κ3) is 5.02. The summed E-state index contributed by atoms with van der Waals surface area (Å²) in [5, 5.41) is 12.5. The molecule has 3 aliphatic rings. The normalized spacial score (nSPS) is 25.9. The van der Waals surface area contributed by atoms with Gasteiger partial charge in [0.1, 0.15) is 0 Å². The van der Waals surface area contributed by atoms with E-state index >= 15 is 0 Å². The number of likely N-dealkylation sites (tertiary alicyclic amines) is 1. The van der Waals surface area contributed by atoms with Gasteiger partial charge in [0.15, 0.2) is 0 Å². The number of benzene rings is 1. The van der Waals surface area contributed by atoms with E-state index in [-0.39, 0.29) is 17.7 Å². The first-order valence-corrected chi connectivity index (χ1v) is 11.5. The first-order chi connectivity index (χ1) is 15.6. The van der Waals surface area contributed by atoms with Gasteiger partial charge >= 0.3 is 0 Å². The Labute approximate surface area is 188 Å². The first-order valence-electron chi connectivity index (χ1n) is 11.5. The molecule has 1 aromatic carbocycles. The lowest BCUT2D eigenvalue weighted by Crippen LogP contribution is -2.59. The van der Waals surface area contributed by atoms with E-state index in [9.17, 15) is 19.6 Å². The number of piperidine rings is 1. The van der Waals surface area contributed by atoms with Gasteiger partial charge < -0.3 is 15.1 Å². The van der Waals surface area contributed by atoms with Gasteiger partial charge in [0.05, 0.1) is 12.0 Å². The Bertz CT molecular complexity index is 866. The SMILES string of the molecule is O=C(NO)[C@H]1CC(CC(=O)N2CCCC2)CN[C@@H]1C(=O)N1CC=C(c2ccccc2)CC1. The highest BCUT2D eigenvalue weighted by molar-refractivity contribution is 5.90. The second kappa shape index (κ2) is 10.3. The summed E-state index contributed by atoms with van der Waals surface area (Å²) in [6.07, 6.45) is 5.66. The molecule has 3 N–H and O–H groups in total. The van der Waals surface area contributed by atoms with Gasteiger partial charge in [0, 0.05) is 32.6 Å². The first kappa shape index (κ1) is 22.5. The molecular weight excluding hydrogens is 408 g/mol. The van der Waals surface area contributed by atoms with E-state index in [0.717, 1.165) is 32.4 Å². The monoisotopic (exact) mass is 440 g/mol. The number of hydroxylamine groups is 1. The smallest absolute Gasteiger partial charge is 0.248 e. The molecule has 8 nitrogen and oxygen atoms in total. The number of amides is 3. The van der Waals surface area contributed by atoms with E-state index in [2.05, 4.69) is 23.5 Å². The minimum atomic E-state index is -0.711. The van der Waals surface area contributed by atoms with Crippen molar-refractivity contribution in [3.8, 4) is 0 Å². The summed E-state index contributed by atoms with van der Waals surface area (Å²) in [7, 11) is 0. The molecule has 3 amide bonds. The number of carbonyl (C=O) groups is 3. The van der Waals surface area contributed by atoms with Crippen LogP contribution >= 0.6 is 0 Å². The summed E-state index contributed by atoms with van der Waals surface area (Å²) < 4.78 is 0. The van der Waals surface area contributed by atoms with Gasteiger partial charge in [-0.25, -0.2) is 5.48 Å². The highest BCUT2D eigenvalue weighted by atomic mass is 16.5. The molecule has 0 saturated carbocycles. The lowest BCUT2D eigenvalue weighted by atomic mass is 9.81. The number of nitrogens with zero attached hydrogens (tertiary/aromatic N) is 2. The molecule has 0 radical (unpaired) electrons. The van der Waals surface area contributed by atoms with Crippen LogP contribution in [0.3, 0.4) is 0 Å². The van der Waals surface area contributed by atoms with Crippen LogP contribution in [-0.4, -0.2) is 71.5 Å². The zero-order valence-corrected chi connectivity index (χ0v) is 18.3. The van der Waals surface area contributed by atoms with Gasteiger partial charge in [-0.1, -0.05) is 36.4 Å². The van der Waals surface area contributed by atoms with Crippen LogP contribution in [0.5, 0.6) is 0 Å². The molecular formula is C24H32N4O4. The van der Waals surface area contributed by atoms with Crippen molar-refractivity contribution in [2.45, 2.75) is 38.1 Å². The maximum absolute atomic E-state index is 13.3. The quantitative estimate of drug-likeness (QED) is 0.475. The van der Waals surface area contributed by atoms with Crippen LogP contribution in [0.1, 0.15) is 37.7 Å². The average Bonchev–Trinajstić information content (AvgIpc) is 3.39. The molecule has 8 heteroatoms. The van der Waals surface area contributed by atoms with Crippen LogP contribution in [-0.2, 0) is 14.4 Å². The van der Waals surface area contributed by atoms with Crippen LogP contribution in [0, 0.1) is 11.8 Å². The maximum Gasteiger partial charge on any atom is 0.248 e. The van der Waals surface area contributed by atoms with Crippen LogP contribution in [0.15, 0.2) is 36.4 Å². The second-order valence-electron chi connectivity index (χ2n) is 8.99. The summed E-state index contributed by atoms with van der Waals surface area (Å²) >= 11 is 0. The Morgan fingerprint density at radius 3 is 2.47 bits per heavy atom. The summed E-state index contributed by atoms with van der Waals surface area (Å²) in [5.41, 5.74) is 4.11. The van der Waals surface area contributed by atoms with E-state index in [0.29, 0.717) is 32.5 Å². The Hall–Kier alpha value is -2.71. The predicted octanol–water partition coefficient (Wildman–Crippen LogP) is 1.41. The van der Waals surface area contributed by atoms with Gasteiger partial charge in [0.2, 0.25) is 17.7 Å². The summed E-state index contributed by atoms with van der Waals surface area (Å²) in [6.45, 7) is 3.18. The molecule has 1 aromatic rings. The number of rotatable bonds is 5. The Balaban J connectivity index is 1.38. The van der Waals surface area contributed by atoms with Gasteiger partial charge in [-0.3, -0.25) is 19.6 Å². The van der Waals surface area contributed by atoms with Crippen molar-refractivity contribution in [3.05, 3.63) is 42.0 Å². The number of nitrogens with one attached hydrogen (secondary N) is 2. The van der Waals surface area contributed by atoms with Crippen molar-refractivity contribution < 1.29 is 19.6 Å². The van der Waals surface area contributed by atoms with Crippen molar-refractivity contribution in [3.63, 3.8) is 0 Å². The largest absolute Gasteiger partial charge is 0.343 e. The molecule has 0 aromatic heterocycles. The number of hydrogen-bond donors (Lipinski definition) is 3. The van der Waals surface area contributed by atoms with Gasteiger partial charge in [-0.2, -0.15) is 0 Å². The third-order valence-corrected chi connectivity index (χ3v) is 6.92. The lowest BCUT2D eigenvalue weighted by molar-refractivity contribution is -0.145. The van der Waals surface area contributed by atoms with Crippen molar-refractivity contribution in [1.29, 1.82) is 0 Å². The van der Waals surface area contributed by atoms with Gasteiger partial charge in [0.25, 0.3) is 0 Å². The van der Waals surface area contributed by atoms with E-state index in [1.54, 1.807) is 10.4 Å². The Morgan fingerprint density at radius 2 is 1.81 bits per heavy atom. The minimum Gasteiger partial charge on any atom is -0.343 e. The van der Waals surface area contributed by atoms with Crippen LogP contribution in [0.25, 0.3) is 5.57 Å². The molecule has 3 aliphatic heterocycles. The summed E-state index contributed by atoms with van der Waals surface area (Å²) in [5.74, 6) is -1.35. The molecule has 2 saturated heterocycles. The molecule has 32 heavy (non-hydrogen) atoms. The Morgan fingerprint density at radius 1 is 1.06 bits per heavy atom. The molecule has 4 rings (SSSR count). The third-order valence-electron chi connectivity index (χ3n) is 6.92. The minimum absolute atomic E-state index is 0.0413. The molecule has 3 heterocycles. The molecule has 3 atom stereocenters. The Kier molecular flexibility index (Phi) is 7.22. The fraction of sp³-hybridized carbons (Fsp3) is 0.542. The zero-order chi connectivity index (χ0) is 22.5. The zero-order valence-electron chi connectivity index (χ0n) is 18.3. The van der Waals surface area contributed by atoms with E-state index in [4.69, 9.17) is 0 Å². The summed E-state index contributed by atoms with van der Waals surface area (Å²) in [4.78, 5) is 41.8. The molecule has 172 valence electrons. The topological polar surface area (TPSA) is 102 Å². The van der Waals surface area contributed by atoms with Crippen molar-refractivity contribution in [1.82, 2.24) is 20.6 Å². The van der Waals surface area contributed by atoms with Crippen LogP contribution < -0.4 is 10.8 Å². The maximum atomic E-state index is 13.3. The van der Waals surface area contributed by atoms with E-state index < -0.39 is 17.9 Å². The second-order valence-corrected chi connectivity index (χ2v) is 8.99. The fourth-order valence-electron chi connectivity index (χ4n) is 5.09.